The number of carbonyl (C=O) groups excluding carboxylic acids is 1. The highest BCUT2D eigenvalue weighted by molar-refractivity contribution is 5.88. The number of ether oxygens (including phenoxy) is 1. The standard InChI is InChI=1S/C23H29N5O2/c1-14-15(2)26-22(24)20-21(14)28(16(3)27-20)10-12-30-11-9-25-23(29)19-13-18(19)17-7-5-4-6-8-17/h4-8,18-19H,9-13H2,1-3H3,(H2,24,26)(H,25,29)/t18-,19+/m0/s1. The Labute approximate surface area is 176 Å². The van der Waals surface area contributed by atoms with E-state index in [1.165, 1.54) is 5.56 Å². The van der Waals surface area contributed by atoms with Crippen LogP contribution in [0.5, 0.6) is 0 Å². The van der Waals surface area contributed by atoms with Gasteiger partial charge in [0.25, 0.3) is 0 Å². The topological polar surface area (TPSA) is 95.1 Å². The van der Waals surface area contributed by atoms with Gasteiger partial charge in [-0.1, -0.05) is 30.3 Å². The highest BCUT2D eigenvalue weighted by Crippen LogP contribution is 2.47. The average molecular weight is 408 g/mol. The molecule has 1 aliphatic rings. The van der Waals surface area contributed by atoms with Crippen molar-refractivity contribution in [3.05, 3.63) is 53.0 Å². The van der Waals surface area contributed by atoms with Crippen LogP contribution in [0.2, 0.25) is 0 Å². The molecule has 2 aromatic heterocycles. The minimum atomic E-state index is 0.0950. The Morgan fingerprint density at radius 2 is 1.97 bits per heavy atom. The molecule has 0 saturated heterocycles. The summed E-state index contributed by atoms with van der Waals surface area (Å²) in [5, 5.41) is 3.00. The Morgan fingerprint density at radius 1 is 1.20 bits per heavy atom. The van der Waals surface area contributed by atoms with E-state index < -0.39 is 0 Å². The smallest absolute Gasteiger partial charge is 0.223 e. The summed E-state index contributed by atoms with van der Waals surface area (Å²) in [6, 6.07) is 10.2. The maximum atomic E-state index is 12.3. The molecule has 0 radical (unpaired) electrons. The van der Waals surface area contributed by atoms with Crippen molar-refractivity contribution >= 4 is 22.8 Å². The number of aryl methyl sites for hydroxylation is 3. The fourth-order valence-corrected chi connectivity index (χ4v) is 4.07. The van der Waals surface area contributed by atoms with Crippen LogP contribution in [0.4, 0.5) is 5.82 Å². The molecule has 4 rings (SSSR count). The fraction of sp³-hybridized carbons (Fsp3) is 0.435. The van der Waals surface area contributed by atoms with E-state index in [1.807, 2.05) is 39.0 Å². The minimum Gasteiger partial charge on any atom is -0.382 e. The van der Waals surface area contributed by atoms with Crippen LogP contribution < -0.4 is 11.1 Å². The van der Waals surface area contributed by atoms with E-state index in [0.29, 0.717) is 38.0 Å². The Bertz CT molecular complexity index is 1060. The fourth-order valence-electron chi connectivity index (χ4n) is 4.07. The van der Waals surface area contributed by atoms with Gasteiger partial charge < -0.3 is 20.4 Å². The van der Waals surface area contributed by atoms with Crippen LogP contribution in [-0.2, 0) is 16.1 Å². The molecule has 30 heavy (non-hydrogen) atoms. The van der Waals surface area contributed by atoms with Crippen molar-refractivity contribution in [2.75, 3.05) is 25.5 Å². The van der Waals surface area contributed by atoms with Gasteiger partial charge in [0.1, 0.15) is 11.3 Å². The van der Waals surface area contributed by atoms with E-state index in [4.69, 9.17) is 10.5 Å². The van der Waals surface area contributed by atoms with Gasteiger partial charge in [0, 0.05) is 24.7 Å². The maximum Gasteiger partial charge on any atom is 0.223 e. The molecule has 1 aliphatic carbocycles. The number of nitrogen functional groups attached to an aromatic ring is 1. The number of pyridine rings is 1. The molecule has 2 heterocycles. The summed E-state index contributed by atoms with van der Waals surface area (Å²) in [4.78, 5) is 21.2. The summed E-state index contributed by atoms with van der Waals surface area (Å²) < 4.78 is 7.89. The van der Waals surface area contributed by atoms with Crippen molar-refractivity contribution in [3.8, 4) is 0 Å². The lowest BCUT2D eigenvalue weighted by molar-refractivity contribution is -0.122. The van der Waals surface area contributed by atoms with Gasteiger partial charge in [0.2, 0.25) is 5.91 Å². The number of nitrogens with two attached hydrogens (primary N) is 1. The first-order valence-electron chi connectivity index (χ1n) is 10.5. The van der Waals surface area contributed by atoms with Crippen molar-refractivity contribution in [3.63, 3.8) is 0 Å². The van der Waals surface area contributed by atoms with Crippen molar-refractivity contribution in [1.29, 1.82) is 0 Å². The summed E-state index contributed by atoms with van der Waals surface area (Å²) in [5.74, 6) is 1.94. The summed E-state index contributed by atoms with van der Waals surface area (Å²) >= 11 is 0. The lowest BCUT2D eigenvalue weighted by atomic mass is 10.1. The van der Waals surface area contributed by atoms with Crippen molar-refractivity contribution < 1.29 is 9.53 Å². The Morgan fingerprint density at radius 3 is 2.73 bits per heavy atom. The van der Waals surface area contributed by atoms with Gasteiger partial charge in [-0.25, -0.2) is 9.97 Å². The zero-order valence-electron chi connectivity index (χ0n) is 17.8. The minimum absolute atomic E-state index is 0.0950. The van der Waals surface area contributed by atoms with Gasteiger partial charge >= 0.3 is 0 Å². The zero-order valence-corrected chi connectivity index (χ0v) is 17.8. The van der Waals surface area contributed by atoms with Crippen LogP contribution in [0.1, 0.15) is 35.0 Å². The van der Waals surface area contributed by atoms with E-state index in [0.717, 1.165) is 34.5 Å². The Kier molecular flexibility index (Phi) is 5.72. The number of nitrogens with one attached hydrogen (secondary N) is 1. The molecule has 1 saturated carbocycles. The number of hydrogen-bond donors (Lipinski definition) is 2. The van der Waals surface area contributed by atoms with E-state index >= 15 is 0 Å². The van der Waals surface area contributed by atoms with Crippen molar-refractivity contribution in [2.24, 2.45) is 5.92 Å². The first kappa shape index (κ1) is 20.3. The maximum absolute atomic E-state index is 12.3. The third kappa shape index (κ3) is 4.03. The molecular weight excluding hydrogens is 378 g/mol. The number of rotatable bonds is 8. The summed E-state index contributed by atoms with van der Waals surface area (Å²) in [6.07, 6.45) is 0.931. The van der Waals surface area contributed by atoms with Crippen LogP contribution in [0.25, 0.3) is 11.0 Å². The molecule has 7 nitrogen and oxygen atoms in total. The van der Waals surface area contributed by atoms with E-state index in [1.54, 1.807) is 0 Å². The summed E-state index contributed by atoms with van der Waals surface area (Å²) in [7, 11) is 0. The van der Waals surface area contributed by atoms with Gasteiger partial charge in [-0.3, -0.25) is 4.79 Å². The third-order valence-electron chi connectivity index (χ3n) is 5.95. The van der Waals surface area contributed by atoms with Crippen LogP contribution in [0, 0.1) is 26.7 Å². The van der Waals surface area contributed by atoms with Crippen LogP contribution in [0.3, 0.4) is 0 Å². The van der Waals surface area contributed by atoms with Gasteiger partial charge in [0.05, 0.1) is 18.7 Å². The number of fused-ring (bicyclic) bond motifs is 1. The molecule has 1 aromatic carbocycles. The van der Waals surface area contributed by atoms with Crippen molar-refractivity contribution in [2.45, 2.75) is 39.7 Å². The summed E-state index contributed by atoms with van der Waals surface area (Å²) in [6.45, 7) is 8.19. The molecular formula is C23H29N5O2. The predicted octanol–water partition coefficient (Wildman–Crippen LogP) is 2.88. The first-order chi connectivity index (χ1) is 14.5. The van der Waals surface area contributed by atoms with Crippen LogP contribution in [0.15, 0.2) is 30.3 Å². The molecule has 0 unspecified atom stereocenters. The van der Waals surface area contributed by atoms with E-state index in [2.05, 4.69) is 32.0 Å². The van der Waals surface area contributed by atoms with Gasteiger partial charge in [0.15, 0.2) is 5.82 Å². The number of amides is 1. The highest BCUT2D eigenvalue weighted by atomic mass is 16.5. The monoisotopic (exact) mass is 407 g/mol. The van der Waals surface area contributed by atoms with E-state index in [9.17, 15) is 4.79 Å². The van der Waals surface area contributed by atoms with Gasteiger partial charge in [-0.05, 0) is 44.2 Å². The largest absolute Gasteiger partial charge is 0.382 e. The lowest BCUT2D eigenvalue weighted by Crippen LogP contribution is -2.29. The van der Waals surface area contributed by atoms with Crippen molar-refractivity contribution in [1.82, 2.24) is 19.9 Å². The molecule has 3 N–H and O–H groups in total. The second-order valence-electron chi connectivity index (χ2n) is 7.98. The molecule has 158 valence electrons. The molecule has 0 aliphatic heterocycles. The Balaban J connectivity index is 1.23. The molecule has 2 atom stereocenters. The number of carbonyl (C=O) groups is 1. The molecule has 7 heteroatoms. The number of benzene rings is 1. The molecule has 1 fully saturated rings. The van der Waals surface area contributed by atoms with Crippen LogP contribution >= 0.6 is 0 Å². The Hall–Kier alpha value is -2.93. The molecule has 0 spiro atoms. The number of anilines is 1. The zero-order chi connectivity index (χ0) is 21.3. The third-order valence-corrected chi connectivity index (χ3v) is 5.95. The second-order valence-corrected chi connectivity index (χ2v) is 7.98. The first-order valence-corrected chi connectivity index (χ1v) is 10.5. The van der Waals surface area contributed by atoms with Gasteiger partial charge in [-0.2, -0.15) is 0 Å². The summed E-state index contributed by atoms with van der Waals surface area (Å²) in [5.41, 5.74) is 11.1. The number of hydrogen-bond acceptors (Lipinski definition) is 5. The highest BCUT2D eigenvalue weighted by Gasteiger charge is 2.43. The number of imidazole rings is 1. The predicted molar refractivity (Wildman–Crippen MR) is 117 cm³/mol. The van der Waals surface area contributed by atoms with E-state index in [-0.39, 0.29) is 11.8 Å². The number of aromatic nitrogens is 3. The van der Waals surface area contributed by atoms with Gasteiger partial charge in [-0.15, -0.1) is 0 Å². The number of nitrogens with zero attached hydrogens (tertiary/aromatic N) is 3. The molecule has 3 aromatic rings. The quantitative estimate of drug-likeness (QED) is 0.560. The lowest BCUT2D eigenvalue weighted by Gasteiger charge is -2.11. The average Bonchev–Trinajstić information content (AvgIpc) is 3.47. The van der Waals surface area contributed by atoms with Crippen LogP contribution in [-0.4, -0.2) is 40.2 Å². The SMILES string of the molecule is Cc1nc(N)c2nc(C)n(CCOCCNC(=O)[C@@H]3C[C@H]3c3ccccc3)c2c1C. The second kappa shape index (κ2) is 8.44. The normalized spacial score (nSPS) is 18.0. The molecule has 0 bridgehead atoms. The molecule has 1 amide bonds.